The van der Waals surface area contributed by atoms with Crippen LogP contribution in [0, 0.1) is 11.6 Å². The highest BCUT2D eigenvalue weighted by Crippen LogP contribution is 2.15. The first kappa shape index (κ1) is 19.3. The molecule has 1 aromatic carbocycles. The monoisotopic (exact) mass is 383 g/mol. The van der Waals surface area contributed by atoms with Gasteiger partial charge in [-0.1, -0.05) is 11.6 Å². The summed E-state index contributed by atoms with van der Waals surface area (Å²) >= 11 is 5.72. The smallest absolute Gasteiger partial charge is 0.325 e. The Hall–Kier alpha value is -3.07. The number of pyridine rings is 1. The third kappa shape index (κ3) is 5.78. The van der Waals surface area contributed by atoms with Gasteiger partial charge in [0, 0.05) is 17.3 Å². The van der Waals surface area contributed by atoms with E-state index in [9.17, 15) is 23.2 Å². The van der Waals surface area contributed by atoms with E-state index in [4.69, 9.17) is 11.6 Å². The number of ether oxygens (including phenoxy) is 1. The molecule has 0 aliphatic heterocycles. The normalized spacial score (nSPS) is 10.1. The number of carbonyl (C=O) groups is 3. The molecule has 7 nitrogen and oxygen atoms in total. The van der Waals surface area contributed by atoms with E-state index in [1.165, 1.54) is 18.3 Å². The molecule has 26 heavy (non-hydrogen) atoms. The molecule has 0 spiro atoms. The van der Waals surface area contributed by atoms with Crippen molar-refractivity contribution in [1.29, 1.82) is 0 Å². The van der Waals surface area contributed by atoms with E-state index < -0.39 is 42.6 Å². The lowest BCUT2D eigenvalue weighted by Crippen LogP contribution is -2.32. The fourth-order valence-electron chi connectivity index (χ4n) is 1.75. The topological polar surface area (TPSA) is 97.4 Å². The molecule has 1 aromatic heterocycles. The molecular weight excluding hydrogens is 372 g/mol. The van der Waals surface area contributed by atoms with Gasteiger partial charge in [0.15, 0.2) is 6.61 Å². The molecule has 1 heterocycles. The van der Waals surface area contributed by atoms with Gasteiger partial charge in [-0.05, 0) is 24.3 Å². The van der Waals surface area contributed by atoms with Crippen LogP contribution >= 0.6 is 11.6 Å². The standard InChI is InChI=1S/C16H12ClF2N3O4/c17-9-3-4-20-13(5-9)16(25)21-7-15(24)26-8-14(23)22-12-6-10(18)1-2-11(12)19/h1-6H,7-8H2,(H,21,25)(H,22,23). The number of esters is 1. The molecular formula is C16H12ClF2N3O4. The van der Waals surface area contributed by atoms with E-state index in [-0.39, 0.29) is 11.4 Å². The van der Waals surface area contributed by atoms with Crippen molar-refractivity contribution in [3.05, 3.63) is 58.9 Å². The zero-order valence-corrected chi connectivity index (χ0v) is 13.8. The van der Waals surface area contributed by atoms with Gasteiger partial charge in [0.2, 0.25) is 0 Å². The maximum Gasteiger partial charge on any atom is 0.325 e. The van der Waals surface area contributed by atoms with Gasteiger partial charge < -0.3 is 15.4 Å². The zero-order valence-electron chi connectivity index (χ0n) is 13.1. The second-order valence-corrected chi connectivity index (χ2v) is 5.31. The summed E-state index contributed by atoms with van der Waals surface area (Å²) in [5.74, 6) is -4.01. The van der Waals surface area contributed by atoms with Gasteiger partial charge >= 0.3 is 5.97 Å². The SMILES string of the molecule is O=C(COC(=O)CNC(=O)c1cc(Cl)ccn1)Nc1cc(F)ccc1F. The van der Waals surface area contributed by atoms with Crippen LogP contribution in [0.25, 0.3) is 0 Å². The fourth-order valence-corrected chi connectivity index (χ4v) is 1.91. The van der Waals surface area contributed by atoms with Crippen molar-refractivity contribution < 1.29 is 27.9 Å². The summed E-state index contributed by atoms with van der Waals surface area (Å²) in [4.78, 5) is 38.6. The quantitative estimate of drug-likeness (QED) is 0.743. The Bertz CT molecular complexity index is 848. The molecule has 0 atom stereocenters. The molecule has 2 N–H and O–H groups in total. The van der Waals surface area contributed by atoms with Crippen LogP contribution in [-0.4, -0.2) is 35.9 Å². The average molecular weight is 384 g/mol. The summed E-state index contributed by atoms with van der Waals surface area (Å²) in [6, 6.07) is 5.31. The van der Waals surface area contributed by atoms with Crippen LogP contribution in [0.15, 0.2) is 36.5 Å². The average Bonchev–Trinajstić information content (AvgIpc) is 2.61. The lowest BCUT2D eigenvalue weighted by molar-refractivity contribution is -0.146. The number of aromatic nitrogens is 1. The molecule has 10 heteroatoms. The fraction of sp³-hybridized carbons (Fsp3) is 0.125. The lowest BCUT2D eigenvalue weighted by Gasteiger charge is -2.08. The van der Waals surface area contributed by atoms with Crippen LogP contribution in [0.4, 0.5) is 14.5 Å². The predicted octanol–water partition coefficient (Wildman–Crippen LogP) is 1.92. The van der Waals surface area contributed by atoms with E-state index in [1.807, 2.05) is 0 Å². The number of carbonyl (C=O) groups excluding carboxylic acids is 3. The molecule has 0 saturated carbocycles. The summed E-state index contributed by atoms with van der Waals surface area (Å²) in [6.07, 6.45) is 1.32. The van der Waals surface area contributed by atoms with E-state index in [0.29, 0.717) is 5.02 Å². The van der Waals surface area contributed by atoms with Gasteiger partial charge in [-0.2, -0.15) is 0 Å². The highest BCUT2D eigenvalue weighted by Gasteiger charge is 2.13. The second-order valence-electron chi connectivity index (χ2n) is 4.88. The predicted molar refractivity (Wildman–Crippen MR) is 87.5 cm³/mol. The first-order valence-electron chi connectivity index (χ1n) is 7.15. The first-order chi connectivity index (χ1) is 12.3. The number of rotatable bonds is 6. The maximum atomic E-state index is 13.4. The summed E-state index contributed by atoms with van der Waals surface area (Å²) in [5.41, 5.74) is -0.379. The number of benzene rings is 1. The molecule has 2 amide bonds. The van der Waals surface area contributed by atoms with Crippen molar-refractivity contribution in [2.75, 3.05) is 18.5 Å². The van der Waals surface area contributed by atoms with Crippen molar-refractivity contribution in [3.8, 4) is 0 Å². The first-order valence-corrected chi connectivity index (χ1v) is 7.53. The number of nitrogens with zero attached hydrogens (tertiary/aromatic N) is 1. The van der Waals surface area contributed by atoms with Crippen molar-refractivity contribution in [1.82, 2.24) is 10.3 Å². The van der Waals surface area contributed by atoms with Gasteiger partial charge in [-0.3, -0.25) is 19.4 Å². The van der Waals surface area contributed by atoms with Crippen molar-refractivity contribution in [3.63, 3.8) is 0 Å². The molecule has 0 aliphatic rings. The van der Waals surface area contributed by atoms with Crippen molar-refractivity contribution in [2.45, 2.75) is 0 Å². The van der Waals surface area contributed by atoms with Crippen LogP contribution < -0.4 is 10.6 Å². The lowest BCUT2D eigenvalue weighted by atomic mass is 10.3. The van der Waals surface area contributed by atoms with Crippen LogP contribution in [0.1, 0.15) is 10.5 Å². The van der Waals surface area contributed by atoms with E-state index in [1.54, 1.807) is 0 Å². The van der Waals surface area contributed by atoms with Crippen molar-refractivity contribution in [2.24, 2.45) is 0 Å². The molecule has 0 saturated heterocycles. The minimum atomic E-state index is -0.907. The molecule has 2 rings (SSSR count). The Kier molecular flexibility index (Phi) is 6.56. The number of halogens is 3. The van der Waals surface area contributed by atoms with Crippen LogP contribution in [0.2, 0.25) is 5.02 Å². The maximum absolute atomic E-state index is 13.4. The van der Waals surface area contributed by atoms with Gasteiger partial charge in [0.1, 0.15) is 23.9 Å². The van der Waals surface area contributed by atoms with Gasteiger partial charge in [-0.25, -0.2) is 8.78 Å². The Balaban J connectivity index is 1.77. The van der Waals surface area contributed by atoms with E-state index in [0.717, 1.165) is 18.2 Å². The summed E-state index contributed by atoms with van der Waals surface area (Å²) in [6.45, 7) is -1.26. The Morgan fingerprint density at radius 3 is 2.65 bits per heavy atom. The summed E-state index contributed by atoms with van der Waals surface area (Å²) < 4.78 is 31.0. The van der Waals surface area contributed by atoms with Gasteiger partial charge in [0.25, 0.3) is 11.8 Å². The van der Waals surface area contributed by atoms with Crippen LogP contribution in [0.5, 0.6) is 0 Å². The third-order valence-corrected chi connectivity index (χ3v) is 3.15. The molecule has 0 unspecified atom stereocenters. The number of nitrogens with one attached hydrogen (secondary N) is 2. The number of hydrogen-bond donors (Lipinski definition) is 2. The number of anilines is 1. The Morgan fingerprint density at radius 1 is 1.15 bits per heavy atom. The summed E-state index contributed by atoms with van der Waals surface area (Å²) in [5, 5.41) is 4.60. The summed E-state index contributed by atoms with van der Waals surface area (Å²) in [7, 11) is 0. The highest BCUT2D eigenvalue weighted by molar-refractivity contribution is 6.30. The molecule has 0 aliphatic carbocycles. The zero-order chi connectivity index (χ0) is 19.1. The van der Waals surface area contributed by atoms with Crippen LogP contribution in [-0.2, 0) is 14.3 Å². The van der Waals surface area contributed by atoms with Crippen molar-refractivity contribution >= 4 is 35.1 Å². The minimum Gasteiger partial charge on any atom is -0.454 e. The van der Waals surface area contributed by atoms with E-state index in [2.05, 4.69) is 20.4 Å². The third-order valence-electron chi connectivity index (χ3n) is 2.91. The Morgan fingerprint density at radius 2 is 1.92 bits per heavy atom. The number of amides is 2. The minimum absolute atomic E-state index is 0.00428. The van der Waals surface area contributed by atoms with Gasteiger partial charge in [-0.15, -0.1) is 0 Å². The molecule has 0 fully saturated rings. The van der Waals surface area contributed by atoms with E-state index >= 15 is 0 Å². The van der Waals surface area contributed by atoms with Crippen LogP contribution in [0.3, 0.4) is 0 Å². The highest BCUT2D eigenvalue weighted by atomic mass is 35.5. The number of hydrogen-bond acceptors (Lipinski definition) is 5. The Labute approximate surface area is 151 Å². The molecule has 0 radical (unpaired) electrons. The second kappa shape index (κ2) is 8.86. The van der Waals surface area contributed by atoms with Gasteiger partial charge in [0.05, 0.1) is 5.69 Å². The molecule has 136 valence electrons. The largest absolute Gasteiger partial charge is 0.454 e. The molecule has 0 bridgehead atoms. The molecule has 2 aromatic rings.